The maximum absolute atomic E-state index is 11.7. The molecule has 0 saturated heterocycles. The lowest BCUT2D eigenvalue weighted by Gasteiger charge is -2.29. The molecule has 4 nitrogen and oxygen atoms in total. The highest BCUT2D eigenvalue weighted by molar-refractivity contribution is 5.86. The van der Waals surface area contributed by atoms with Crippen LogP contribution in [0.5, 0.6) is 0 Å². The van der Waals surface area contributed by atoms with Crippen molar-refractivity contribution in [3.63, 3.8) is 0 Å². The molecule has 1 amide bonds. The summed E-state index contributed by atoms with van der Waals surface area (Å²) >= 11 is 0. The Hall–Kier alpha value is -1.58. The summed E-state index contributed by atoms with van der Waals surface area (Å²) < 4.78 is 4.95. The molecule has 2 rings (SSSR count). The zero-order chi connectivity index (χ0) is 13.3. The summed E-state index contributed by atoms with van der Waals surface area (Å²) in [7, 11) is 0. The van der Waals surface area contributed by atoms with E-state index in [1.807, 2.05) is 6.08 Å². The van der Waals surface area contributed by atoms with Gasteiger partial charge in [-0.15, -0.1) is 0 Å². The number of nitrogens with two attached hydrogens (primary N) is 1. The third kappa shape index (κ3) is 1.85. The molecule has 18 heavy (non-hydrogen) atoms. The predicted octanol–water partition coefficient (Wildman–Crippen LogP) is 1.56. The molecule has 0 aromatic heterocycles. The van der Waals surface area contributed by atoms with Crippen molar-refractivity contribution in [2.24, 2.45) is 23.0 Å². The molecule has 3 unspecified atom stereocenters. The fraction of sp³-hybridized carbons (Fsp3) is 0.571. The lowest BCUT2D eigenvalue weighted by Crippen LogP contribution is -2.36. The first-order valence-electron chi connectivity index (χ1n) is 6.31. The van der Waals surface area contributed by atoms with Crippen LogP contribution in [0.15, 0.2) is 24.3 Å². The molecule has 98 valence electrons. The molecule has 2 saturated carbocycles. The zero-order valence-electron chi connectivity index (χ0n) is 10.6. The van der Waals surface area contributed by atoms with Gasteiger partial charge in [-0.3, -0.25) is 4.79 Å². The van der Waals surface area contributed by atoms with Crippen molar-refractivity contribution in [2.75, 3.05) is 6.61 Å². The van der Waals surface area contributed by atoms with Crippen LogP contribution in [0.1, 0.15) is 26.2 Å². The second-order valence-corrected chi connectivity index (χ2v) is 5.23. The minimum atomic E-state index is -0.481. The summed E-state index contributed by atoms with van der Waals surface area (Å²) in [6, 6.07) is 0. The van der Waals surface area contributed by atoms with Crippen LogP contribution >= 0.6 is 0 Å². The zero-order valence-corrected chi connectivity index (χ0v) is 10.6. The van der Waals surface area contributed by atoms with E-state index in [-0.39, 0.29) is 12.5 Å². The van der Waals surface area contributed by atoms with E-state index < -0.39 is 11.4 Å². The van der Waals surface area contributed by atoms with E-state index in [0.717, 1.165) is 30.9 Å². The molecule has 0 heterocycles. The molecule has 2 fully saturated rings. The molecule has 0 radical (unpaired) electrons. The standard InChI is InChI=1S/C14H19NO3/c1-3-12(16)18-7-5-11-9(2)10-4-6-14(11,8-10)13(15)17/h3,5,9-10H,1,4,6-8H2,2H3,(H2,15,17). The average Bonchev–Trinajstić information content (AvgIpc) is 2.88. The first-order chi connectivity index (χ1) is 8.51. The Bertz CT molecular complexity index is 427. The van der Waals surface area contributed by atoms with Gasteiger partial charge in [0.25, 0.3) is 0 Å². The van der Waals surface area contributed by atoms with Gasteiger partial charge in [0, 0.05) is 6.08 Å². The van der Waals surface area contributed by atoms with E-state index in [0.29, 0.717) is 11.8 Å². The van der Waals surface area contributed by atoms with E-state index in [4.69, 9.17) is 10.5 Å². The van der Waals surface area contributed by atoms with Crippen LogP contribution in [-0.2, 0) is 14.3 Å². The third-order valence-electron chi connectivity index (χ3n) is 4.47. The Morgan fingerprint density at radius 3 is 2.94 bits per heavy atom. The molecule has 0 aromatic carbocycles. The van der Waals surface area contributed by atoms with Gasteiger partial charge in [0.05, 0.1) is 5.41 Å². The lowest BCUT2D eigenvalue weighted by molar-refractivity contribution is -0.136. The smallest absolute Gasteiger partial charge is 0.330 e. The molecular formula is C14H19NO3. The highest BCUT2D eigenvalue weighted by Gasteiger charge is 2.55. The highest BCUT2D eigenvalue weighted by Crippen LogP contribution is 2.60. The van der Waals surface area contributed by atoms with Gasteiger partial charge in [-0.25, -0.2) is 4.79 Å². The van der Waals surface area contributed by atoms with E-state index in [1.165, 1.54) is 0 Å². The van der Waals surface area contributed by atoms with Gasteiger partial charge in [-0.05, 0) is 37.2 Å². The van der Waals surface area contributed by atoms with Gasteiger partial charge in [-0.2, -0.15) is 0 Å². The summed E-state index contributed by atoms with van der Waals surface area (Å²) in [5.74, 6) is 0.207. The van der Waals surface area contributed by atoms with Gasteiger partial charge in [0.15, 0.2) is 0 Å². The quantitative estimate of drug-likeness (QED) is 0.467. The maximum atomic E-state index is 11.7. The third-order valence-corrected chi connectivity index (χ3v) is 4.47. The number of fused-ring (bicyclic) bond motifs is 2. The summed E-state index contributed by atoms with van der Waals surface area (Å²) in [4.78, 5) is 22.7. The molecule has 0 aromatic rings. The molecular weight excluding hydrogens is 230 g/mol. The predicted molar refractivity (Wildman–Crippen MR) is 67.4 cm³/mol. The highest BCUT2D eigenvalue weighted by atomic mass is 16.5. The lowest BCUT2D eigenvalue weighted by atomic mass is 9.75. The van der Waals surface area contributed by atoms with Crippen LogP contribution in [0, 0.1) is 17.3 Å². The van der Waals surface area contributed by atoms with E-state index in [9.17, 15) is 9.59 Å². The molecule has 3 atom stereocenters. The van der Waals surface area contributed by atoms with Gasteiger partial charge < -0.3 is 10.5 Å². The molecule has 2 bridgehead atoms. The number of ether oxygens (including phenoxy) is 1. The van der Waals surface area contributed by atoms with Crippen LogP contribution in [0.2, 0.25) is 0 Å². The number of carbonyl (C=O) groups is 2. The fourth-order valence-corrected chi connectivity index (χ4v) is 3.48. The molecule has 2 N–H and O–H groups in total. The number of primary amides is 1. The molecule has 0 aliphatic heterocycles. The molecule has 4 heteroatoms. The number of rotatable bonds is 4. The van der Waals surface area contributed by atoms with Gasteiger partial charge >= 0.3 is 5.97 Å². The van der Waals surface area contributed by atoms with E-state index in [2.05, 4.69) is 13.5 Å². The second-order valence-electron chi connectivity index (χ2n) is 5.23. The number of hydrogen-bond donors (Lipinski definition) is 1. The Kier molecular flexibility index (Phi) is 3.28. The van der Waals surface area contributed by atoms with Gasteiger partial charge in [0.1, 0.15) is 6.61 Å². The first-order valence-corrected chi connectivity index (χ1v) is 6.31. The average molecular weight is 249 g/mol. The Labute approximate surface area is 107 Å². The van der Waals surface area contributed by atoms with Crippen molar-refractivity contribution in [1.29, 1.82) is 0 Å². The second kappa shape index (κ2) is 4.59. The van der Waals surface area contributed by atoms with Crippen LogP contribution < -0.4 is 5.73 Å². The SMILES string of the molecule is C=CC(=O)OCC=C1C(C)C2CCC1(C(N)=O)C2. The summed E-state index contributed by atoms with van der Waals surface area (Å²) in [6.45, 7) is 5.64. The topological polar surface area (TPSA) is 69.4 Å². The van der Waals surface area contributed by atoms with E-state index in [1.54, 1.807) is 0 Å². The van der Waals surface area contributed by atoms with Crippen molar-refractivity contribution in [3.05, 3.63) is 24.3 Å². The summed E-state index contributed by atoms with van der Waals surface area (Å²) in [5, 5.41) is 0. The van der Waals surface area contributed by atoms with Gasteiger partial charge in [0.2, 0.25) is 5.91 Å². The Morgan fingerprint density at radius 2 is 2.33 bits per heavy atom. The molecule has 0 spiro atoms. The normalized spacial score (nSPS) is 35.7. The minimum absolute atomic E-state index is 0.187. The fourth-order valence-electron chi connectivity index (χ4n) is 3.48. The summed E-state index contributed by atoms with van der Waals surface area (Å²) in [6.07, 6.45) is 5.74. The van der Waals surface area contributed by atoms with Crippen LogP contribution in [-0.4, -0.2) is 18.5 Å². The first kappa shape index (κ1) is 12.9. The van der Waals surface area contributed by atoms with Crippen LogP contribution in [0.3, 0.4) is 0 Å². The minimum Gasteiger partial charge on any atom is -0.458 e. The van der Waals surface area contributed by atoms with Crippen LogP contribution in [0.4, 0.5) is 0 Å². The largest absolute Gasteiger partial charge is 0.458 e. The van der Waals surface area contributed by atoms with Crippen molar-refractivity contribution in [3.8, 4) is 0 Å². The van der Waals surface area contributed by atoms with Crippen LogP contribution in [0.25, 0.3) is 0 Å². The number of carbonyl (C=O) groups excluding carboxylic acids is 2. The number of amides is 1. The monoisotopic (exact) mass is 249 g/mol. The molecule has 2 aliphatic carbocycles. The number of esters is 1. The van der Waals surface area contributed by atoms with E-state index >= 15 is 0 Å². The Morgan fingerprint density at radius 1 is 1.61 bits per heavy atom. The van der Waals surface area contributed by atoms with Crippen molar-refractivity contribution in [2.45, 2.75) is 26.2 Å². The Balaban J connectivity index is 2.15. The van der Waals surface area contributed by atoms with Crippen molar-refractivity contribution in [1.82, 2.24) is 0 Å². The maximum Gasteiger partial charge on any atom is 0.330 e. The summed E-state index contributed by atoms with van der Waals surface area (Å²) in [5.41, 5.74) is 6.15. The molecule has 2 aliphatic rings. The number of hydrogen-bond acceptors (Lipinski definition) is 3. The van der Waals surface area contributed by atoms with Crippen molar-refractivity contribution >= 4 is 11.9 Å². The van der Waals surface area contributed by atoms with Crippen molar-refractivity contribution < 1.29 is 14.3 Å². The van der Waals surface area contributed by atoms with Gasteiger partial charge in [-0.1, -0.05) is 19.1 Å².